The van der Waals surface area contributed by atoms with Crippen LogP contribution in [-0.4, -0.2) is 29.1 Å². The van der Waals surface area contributed by atoms with E-state index in [2.05, 4.69) is 55.9 Å². The lowest BCUT2D eigenvalue weighted by Crippen LogP contribution is -2.18. The predicted molar refractivity (Wildman–Crippen MR) is 118 cm³/mol. The molecule has 2 aromatic carbocycles. The van der Waals surface area contributed by atoms with Gasteiger partial charge in [0.1, 0.15) is 12.2 Å². The summed E-state index contributed by atoms with van der Waals surface area (Å²) in [6.45, 7) is 5.18. The van der Waals surface area contributed by atoms with Crippen molar-refractivity contribution in [2.75, 3.05) is 18.1 Å². The average molecular weight is 468 g/mol. The lowest BCUT2D eigenvalue weighted by molar-refractivity contribution is 0.0519. The first-order valence-electron chi connectivity index (χ1n) is 9.83. The highest BCUT2D eigenvalue weighted by Gasteiger charge is 2.25. The van der Waals surface area contributed by atoms with Gasteiger partial charge in [0, 0.05) is 16.7 Å². The van der Waals surface area contributed by atoms with Crippen molar-refractivity contribution in [2.24, 2.45) is 0 Å². The van der Waals surface area contributed by atoms with E-state index < -0.39 is 5.97 Å². The lowest BCUT2D eigenvalue weighted by atomic mass is 10.1. The van der Waals surface area contributed by atoms with Gasteiger partial charge in [-0.05, 0) is 49.6 Å². The van der Waals surface area contributed by atoms with Gasteiger partial charge in [-0.15, -0.1) is 0 Å². The molecule has 1 aliphatic heterocycles. The van der Waals surface area contributed by atoms with Crippen LogP contribution in [0.3, 0.4) is 0 Å². The van der Waals surface area contributed by atoms with Crippen LogP contribution in [0.25, 0.3) is 0 Å². The lowest BCUT2D eigenvalue weighted by Gasteiger charge is -2.19. The molecule has 3 aromatic rings. The minimum absolute atomic E-state index is 0.223. The first-order valence-corrected chi connectivity index (χ1v) is 10.6. The monoisotopic (exact) mass is 467 g/mol. The van der Waals surface area contributed by atoms with E-state index in [0.717, 1.165) is 28.7 Å². The normalized spacial score (nSPS) is 12.6. The molecule has 0 saturated carbocycles. The molecule has 0 aliphatic carbocycles. The number of ether oxygens (including phenoxy) is 2. The van der Waals surface area contributed by atoms with Crippen LogP contribution in [0.15, 0.2) is 53.1 Å². The van der Waals surface area contributed by atoms with E-state index in [1.807, 2.05) is 24.3 Å². The molecule has 0 saturated heterocycles. The van der Waals surface area contributed by atoms with Crippen molar-refractivity contribution >= 4 is 33.5 Å². The van der Waals surface area contributed by atoms with Crippen LogP contribution in [0.4, 0.5) is 11.6 Å². The van der Waals surface area contributed by atoms with E-state index in [4.69, 9.17) is 9.47 Å². The number of esters is 1. The fourth-order valence-corrected chi connectivity index (χ4v) is 3.68. The number of benzene rings is 2. The van der Waals surface area contributed by atoms with Gasteiger partial charge in [0.2, 0.25) is 11.8 Å². The smallest absolute Gasteiger partial charge is 0.345 e. The van der Waals surface area contributed by atoms with Crippen molar-refractivity contribution in [2.45, 2.75) is 26.9 Å². The summed E-state index contributed by atoms with van der Waals surface area (Å²) in [4.78, 5) is 23.5. The molecular weight excluding hydrogens is 446 g/mol. The summed E-state index contributed by atoms with van der Waals surface area (Å²) < 4.78 is 12.1. The van der Waals surface area contributed by atoms with Gasteiger partial charge in [-0.1, -0.05) is 45.8 Å². The quantitative estimate of drug-likeness (QED) is 0.475. The molecule has 6 nitrogen and oxygen atoms in total. The van der Waals surface area contributed by atoms with E-state index in [1.165, 1.54) is 17.3 Å². The van der Waals surface area contributed by atoms with E-state index in [-0.39, 0.29) is 24.7 Å². The third-order valence-corrected chi connectivity index (χ3v) is 5.43. The van der Waals surface area contributed by atoms with Gasteiger partial charge in [-0.2, -0.15) is 4.98 Å². The molecule has 1 aliphatic rings. The summed E-state index contributed by atoms with van der Waals surface area (Å²) in [6.07, 6.45) is 2.42. The van der Waals surface area contributed by atoms with Crippen LogP contribution in [0.2, 0.25) is 0 Å². The fraction of sp³-hybridized carbons (Fsp3) is 0.261. The molecule has 0 radical (unpaired) electrons. The van der Waals surface area contributed by atoms with Crippen molar-refractivity contribution in [3.8, 4) is 5.88 Å². The first-order chi connectivity index (χ1) is 14.5. The molecule has 154 valence electrons. The van der Waals surface area contributed by atoms with Crippen molar-refractivity contribution in [1.29, 1.82) is 0 Å². The van der Waals surface area contributed by atoms with Crippen molar-refractivity contribution in [1.82, 2.24) is 9.97 Å². The highest BCUT2D eigenvalue weighted by Crippen LogP contribution is 2.34. The third kappa shape index (κ3) is 4.31. The predicted octanol–water partition coefficient (Wildman–Crippen LogP) is 5.00. The van der Waals surface area contributed by atoms with Crippen molar-refractivity contribution < 1.29 is 14.3 Å². The Morgan fingerprint density at radius 2 is 2.00 bits per heavy atom. The van der Waals surface area contributed by atoms with Crippen LogP contribution >= 0.6 is 15.9 Å². The summed E-state index contributed by atoms with van der Waals surface area (Å²) in [5, 5.41) is 0. The Morgan fingerprint density at radius 3 is 2.77 bits per heavy atom. The molecule has 1 aromatic heterocycles. The molecule has 0 amide bonds. The summed E-state index contributed by atoms with van der Waals surface area (Å²) in [5.41, 5.74) is 4.78. The molecule has 0 bridgehead atoms. The number of aryl methyl sites for hydroxylation is 1. The maximum Gasteiger partial charge on any atom is 0.345 e. The number of hydrogen-bond donors (Lipinski definition) is 0. The second-order valence-corrected chi connectivity index (χ2v) is 7.97. The summed E-state index contributed by atoms with van der Waals surface area (Å²) in [5.74, 6) is 0.241. The maximum absolute atomic E-state index is 12.4. The Hall–Kier alpha value is -2.93. The Labute approximate surface area is 184 Å². The van der Waals surface area contributed by atoms with Gasteiger partial charge >= 0.3 is 5.97 Å². The van der Waals surface area contributed by atoms with Gasteiger partial charge in [0.25, 0.3) is 0 Å². The minimum Gasteiger partial charge on any atom is -0.472 e. The second kappa shape index (κ2) is 8.83. The van der Waals surface area contributed by atoms with Gasteiger partial charge in [0.05, 0.1) is 12.8 Å². The third-order valence-electron chi connectivity index (χ3n) is 4.90. The average Bonchev–Trinajstić information content (AvgIpc) is 3.16. The Balaban J connectivity index is 1.64. The van der Waals surface area contributed by atoms with E-state index in [9.17, 15) is 4.79 Å². The standard InChI is InChI=1S/C23H22BrN3O3/c1-3-29-22(28)19-13-25-23(27-11-10-17-12-15(2)4-9-20(17)27)26-21(19)30-14-16-5-7-18(24)8-6-16/h4-9,12-13H,3,10-11,14H2,1-2H3. The van der Waals surface area contributed by atoms with Crippen LogP contribution in [0.1, 0.15) is 34.0 Å². The molecule has 2 heterocycles. The number of rotatable bonds is 6. The molecule has 0 N–H and O–H groups in total. The van der Waals surface area contributed by atoms with E-state index in [1.54, 1.807) is 6.92 Å². The Morgan fingerprint density at radius 1 is 1.20 bits per heavy atom. The van der Waals surface area contributed by atoms with Crippen molar-refractivity contribution in [3.63, 3.8) is 0 Å². The maximum atomic E-state index is 12.4. The van der Waals surface area contributed by atoms with Gasteiger partial charge in [-0.3, -0.25) is 0 Å². The van der Waals surface area contributed by atoms with Crippen LogP contribution in [-0.2, 0) is 17.8 Å². The zero-order valence-electron chi connectivity index (χ0n) is 16.9. The Kier molecular flexibility index (Phi) is 5.99. The summed E-state index contributed by atoms with van der Waals surface area (Å²) in [6, 6.07) is 14.1. The number of halogens is 1. The van der Waals surface area contributed by atoms with E-state index >= 15 is 0 Å². The molecule has 0 unspecified atom stereocenters. The van der Waals surface area contributed by atoms with Gasteiger partial charge in [0.15, 0.2) is 0 Å². The second-order valence-electron chi connectivity index (χ2n) is 7.06. The number of nitrogens with zero attached hydrogens (tertiary/aromatic N) is 3. The topological polar surface area (TPSA) is 64.5 Å². The van der Waals surface area contributed by atoms with Crippen LogP contribution < -0.4 is 9.64 Å². The Bertz CT molecular complexity index is 1070. The number of carbonyl (C=O) groups excluding carboxylic acids is 1. The SMILES string of the molecule is CCOC(=O)c1cnc(N2CCc3cc(C)ccc32)nc1OCc1ccc(Br)cc1. The van der Waals surface area contributed by atoms with Crippen LogP contribution in [0.5, 0.6) is 5.88 Å². The molecule has 7 heteroatoms. The molecule has 4 rings (SSSR count). The van der Waals surface area contributed by atoms with Gasteiger partial charge in [-0.25, -0.2) is 9.78 Å². The zero-order chi connectivity index (χ0) is 21.1. The molecule has 0 spiro atoms. The molecule has 0 fully saturated rings. The van der Waals surface area contributed by atoms with E-state index in [0.29, 0.717) is 5.95 Å². The zero-order valence-corrected chi connectivity index (χ0v) is 18.5. The van der Waals surface area contributed by atoms with Gasteiger partial charge < -0.3 is 14.4 Å². The number of carbonyl (C=O) groups is 1. The number of aromatic nitrogens is 2. The molecular formula is C23H22BrN3O3. The number of hydrogen-bond acceptors (Lipinski definition) is 6. The highest BCUT2D eigenvalue weighted by atomic mass is 79.9. The highest BCUT2D eigenvalue weighted by molar-refractivity contribution is 9.10. The minimum atomic E-state index is -0.493. The first kappa shape index (κ1) is 20.3. The number of anilines is 2. The fourth-order valence-electron chi connectivity index (χ4n) is 3.42. The summed E-state index contributed by atoms with van der Waals surface area (Å²) >= 11 is 3.43. The number of fused-ring (bicyclic) bond motifs is 1. The molecule has 0 atom stereocenters. The van der Waals surface area contributed by atoms with Crippen LogP contribution in [0, 0.1) is 6.92 Å². The van der Waals surface area contributed by atoms with Crippen molar-refractivity contribution in [3.05, 3.63) is 75.4 Å². The largest absolute Gasteiger partial charge is 0.472 e. The molecule has 30 heavy (non-hydrogen) atoms. The summed E-state index contributed by atoms with van der Waals surface area (Å²) in [7, 11) is 0.